The summed E-state index contributed by atoms with van der Waals surface area (Å²) >= 11 is 0. The van der Waals surface area contributed by atoms with Crippen LogP contribution in [0.5, 0.6) is 11.5 Å². The molecule has 0 N–H and O–H groups in total. The summed E-state index contributed by atoms with van der Waals surface area (Å²) < 4.78 is 30.1. The molecule has 0 atom stereocenters. The van der Waals surface area contributed by atoms with Crippen LogP contribution in [0.2, 0.25) is 0 Å². The van der Waals surface area contributed by atoms with Gasteiger partial charge in [-0.25, -0.2) is 4.39 Å². The Kier molecular flexibility index (Phi) is 5.01. The van der Waals surface area contributed by atoms with E-state index >= 15 is 0 Å². The van der Waals surface area contributed by atoms with Crippen molar-refractivity contribution < 1.29 is 18.4 Å². The predicted octanol–water partition coefficient (Wildman–Crippen LogP) is 3.22. The van der Waals surface area contributed by atoms with E-state index in [2.05, 4.69) is 10.1 Å². The van der Waals surface area contributed by atoms with Gasteiger partial charge < -0.3 is 23.8 Å². The number of benzene rings is 2. The molecule has 0 bridgehead atoms. The summed E-state index contributed by atoms with van der Waals surface area (Å²) in [7, 11) is 3.19. The number of aromatic nitrogens is 2. The largest absolute Gasteiger partial charge is 0.497 e. The number of halogens is 1. The van der Waals surface area contributed by atoms with Gasteiger partial charge in [-0.1, -0.05) is 17.3 Å². The molecule has 0 radical (unpaired) electrons. The zero-order valence-corrected chi connectivity index (χ0v) is 15.8. The molecule has 0 unspecified atom stereocenters. The van der Waals surface area contributed by atoms with Crippen LogP contribution in [0.1, 0.15) is 0 Å². The maximum Gasteiger partial charge on any atom is 0.324 e. The third kappa shape index (κ3) is 3.45. The quantitative estimate of drug-likeness (QED) is 0.669. The first-order chi connectivity index (χ1) is 13.7. The van der Waals surface area contributed by atoms with E-state index in [4.69, 9.17) is 14.0 Å². The van der Waals surface area contributed by atoms with E-state index in [1.807, 2.05) is 28.0 Å². The Bertz CT molecular complexity index is 954. The van der Waals surface area contributed by atoms with Crippen LogP contribution in [0.15, 0.2) is 47.0 Å². The van der Waals surface area contributed by atoms with E-state index in [1.54, 1.807) is 32.4 Å². The van der Waals surface area contributed by atoms with Crippen LogP contribution in [0, 0.1) is 5.82 Å². The average molecular weight is 384 g/mol. The van der Waals surface area contributed by atoms with Gasteiger partial charge in [0.1, 0.15) is 17.3 Å². The molecule has 1 aromatic heterocycles. The third-order valence-electron chi connectivity index (χ3n) is 4.81. The maximum atomic E-state index is 14.0. The summed E-state index contributed by atoms with van der Waals surface area (Å²) in [6.45, 7) is 2.65. The zero-order chi connectivity index (χ0) is 19.5. The minimum absolute atomic E-state index is 0.207. The Morgan fingerprint density at radius 1 is 0.964 bits per heavy atom. The van der Waals surface area contributed by atoms with Gasteiger partial charge in [-0.2, -0.15) is 4.98 Å². The van der Waals surface area contributed by atoms with Gasteiger partial charge in [-0.05, 0) is 30.3 Å². The third-order valence-corrected chi connectivity index (χ3v) is 4.81. The molecular weight excluding hydrogens is 363 g/mol. The Hall–Kier alpha value is -3.29. The molecular formula is C20H21FN4O3. The first-order valence-electron chi connectivity index (χ1n) is 9.00. The number of anilines is 2. The van der Waals surface area contributed by atoms with Gasteiger partial charge in [0.2, 0.25) is 5.82 Å². The molecule has 3 aromatic rings. The van der Waals surface area contributed by atoms with Crippen molar-refractivity contribution in [3.05, 3.63) is 48.3 Å². The number of nitrogens with zero attached hydrogens (tertiary/aromatic N) is 4. The average Bonchev–Trinajstić information content (AvgIpc) is 3.24. The molecule has 0 amide bonds. The molecule has 0 aliphatic carbocycles. The van der Waals surface area contributed by atoms with Gasteiger partial charge >= 0.3 is 6.01 Å². The minimum atomic E-state index is -0.207. The van der Waals surface area contributed by atoms with Crippen LogP contribution >= 0.6 is 0 Å². The highest BCUT2D eigenvalue weighted by Gasteiger charge is 2.24. The van der Waals surface area contributed by atoms with E-state index in [0.717, 1.165) is 0 Å². The van der Waals surface area contributed by atoms with Gasteiger partial charge in [0.15, 0.2) is 0 Å². The minimum Gasteiger partial charge on any atom is -0.497 e. The Morgan fingerprint density at radius 2 is 1.71 bits per heavy atom. The second kappa shape index (κ2) is 7.75. The van der Waals surface area contributed by atoms with Crippen LogP contribution in [-0.2, 0) is 0 Å². The molecule has 2 heterocycles. The van der Waals surface area contributed by atoms with Crippen LogP contribution in [0.4, 0.5) is 16.1 Å². The van der Waals surface area contributed by atoms with Gasteiger partial charge in [-0.15, -0.1) is 0 Å². The lowest BCUT2D eigenvalue weighted by atomic mass is 10.2. The number of piperazine rings is 1. The van der Waals surface area contributed by atoms with Gasteiger partial charge in [0.05, 0.1) is 25.5 Å². The number of methoxy groups -OCH3 is 2. The number of rotatable bonds is 5. The lowest BCUT2D eigenvalue weighted by Crippen LogP contribution is -2.47. The molecule has 28 heavy (non-hydrogen) atoms. The van der Waals surface area contributed by atoms with Crippen molar-refractivity contribution in [1.29, 1.82) is 0 Å². The molecule has 0 saturated carbocycles. The molecule has 2 aromatic carbocycles. The summed E-state index contributed by atoms with van der Waals surface area (Å²) in [5, 5.41) is 4.10. The fraction of sp³-hybridized carbons (Fsp3) is 0.300. The fourth-order valence-corrected chi connectivity index (χ4v) is 3.29. The highest BCUT2D eigenvalue weighted by molar-refractivity contribution is 5.66. The standard InChI is InChI=1S/C20H21FN4O3/c1-26-14-7-8-18(27-2)15(13-14)19-22-20(28-23-19)25-11-9-24(10-12-25)17-6-4-3-5-16(17)21/h3-8,13H,9-12H2,1-2H3. The zero-order valence-electron chi connectivity index (χ0n) is 15.8. The smallest absolute Gasteiger partial charge is 0.324 e. The molecule has 1 saturated heterocycles. The lowest BCUT2D eigenvalue weighted by Gasteiger charge is -2.35. The number of para-hydroxylation sites is 1. The van der Waals surface area contributed by atoms with E-state index in [-0.39, 0.29) is 5.82 Å². The van der Waals surface area contributed by atoms with E-state index < -0.39 is 0 Å². The SMILES string of the molecule is COc1ccc(OC)c(-c2noc(N3CCN(c4ccccc4F)CC3)n2)c1. The highest BCUT2D eigenvalue weighted by Crippen LogP contribution is 2.33. The monoisotopic (exact) mass is 384 g/mol. The van der Waals surface area contributed by atoms with Crippen LogP contribution in [0.3, 0.4) is 0 Å². The van der Waals surface area contributed by atoms with Crippen molar-refractivity contribution in [3.8, 4) is 22.9 Å². The van der Waals surface area contributed by atoms with Crippen molar-refractivity contribution in [2.45, 2.75) is 0 Å². The number of hydrogen-bond donors (Lipinski definition) is 0. The topological polar surface area (TPSA) is 63.9 Å². The second-order valence-electron chi connectivity index (χ2n) is 6.39. The van der Waals surface area contributed by atoms with Gasteiger partial charge in [-0.3, -0.25) is 0 Å². The van der Waals surface area contributed by atoms with Gasteiger partial charge in [0.25, 0.3) is 0 Å². The Labute approximate surface area is 162 Å². The Morgan fingerprint density at radius 3 is 2.43 bits per heavy atom. The first-order valence-corrected chi connectivity index (χ1v) is 9.00. The predicted molar refractivity (Wildman–Crippen MR) is 104 cm³/mol. The first kappa shape index (κ1) is 18.1. The second-order valence-corrected chi connectivity index (χ2v) is 6.39. The van der Waals surface area contributed by atoms with Crippen LogP contribution in [-0.4, -0.2) is 50.5 Å². The summed E-state index contributed by atoms with van der Waals surface area (Å²) in [6, 6.07) is 12.7. The number of ether oxygens (including phenoxy) is 2. The van der Waals surface area contributed by atoms with Crippen molar-refractivity contribution in [1.82, 2.24) is 10.1 Å². The van der Waals surface area contributed by atoms with E-state index in [0.29, 0.717) is 60.8 Å². The molecule has 8 heteroatoms. The summed E-state index contributed by atoms with van der Waals surface area (Å²) in [4.78, 5) is 8.55. The molecule has 7 nitrogen and oxygen atoms in total. The lowest BCUT2D eigenvalue weighted by molar-refractivity contribution is 0.400. The summed E-state index contributed by atoms with van der Waals surface area (Å²) in [5.41, 5.74) is 1.32. The van der Waals surface area contributed by atoms with Crippen molar-refractivity contribution in [3.63, 3.8) is 0 Å². The van der Waals surface area contributed by atoms with Crippen molar-refractivity contribution in [2.75, 3.05) is 50.2 Å². The van der Waals surface area contributed by atoms with Crippen LogP contribution in [0.25, 0.3) is 11.4 Å². The Balaban J connectivity index is 1.50. The summed E-state index contributed by atoms with van der Waals surface area (Å²) in [5.74, 6) is 1.54. The molecule has 4 rings (SSSR count). The van der Waals surface area contributed by atoms with Crippen LogP contribution < -0.4 is 19.3 Å². The fourth-order valence-electron chi connectivity index (χ4n) is 3.29. The molecule has 146 valence electrons. The number of hydrogen-bond acceptors (Lipinski definition) is 7. The normalized spacial score (nSPS) is 14.2. The van der Waals surface area contributed by atoms with E-state index in [1.165, 1.54) is 6.07 Å². The molecule has 1 aliphatic rings. The van der Waals surface area contributed by atoms with Crippen molar-refractivity contribution >= 4 is 11.7 Å². The summed E-state index contributed by atoms with van der Waals surface area (Å²) in [6.07, 6.45) is 0. The van der Waals surface area contributed by atoms with Gasteiger partial charge in [0, 0.05) is 26.2 Å². The highest BCUT2D eigenvalue weighted by atomic mass is 19.1. The van der Waals surface area contributed by atoms with Crippen molar-refractivity contribution in [2.24, 2.45) is 0 Å². The molecule has 1 fully saturated rings. The molecule has 0 spiro atoms. The molecule has 1 aliphatic heterocycles. The van der Waals surface area contributed by atoms with E-state index in [9.17, 15) is 4.39 Å². The maximum absolute atomic E-state index is 14.0.